The standard InChI is InChI=1S/C16H18FN3O5S/c1-10-15(11(2)25-19-10)16(21)18-12-3-4-13(17)14(9-12)26(22,23)20-5-7-24-8-6-20/h3-4,9H,5-8H2,1-2H3,(H,18,21). The van der Waals surface area contributed by atoms with E-state index in [0.717, 1.165) is 16.4 Å². The minimum atomic E-state index is -4.02. The smallest absolute Gasteiger partial charge is 0.261 e. The molecule has 8 nitrogen and oxygen atoms in total. The summed E-state index contributed by atoms with van der Waals surface area (Å²) in [5.41, 5.74) is 0.818. The van der Waals surface area contributed by atoms with E-state index in [1.165, 1.54) is 6.07 Å². The van der Waals surface area contributed by atoms with Gasteiger partial charge in [0.05, 0.1) is 18.9 Å². The molecule has 140 valence electrons. The Kier molecular flexibility index (Phi) is 5.08. The molecule has 2 aromatic rings. The lowest BCUT2D eigenvalue weighted by molar-refractivity contribution is 0.0729. The van der Waals surface area contributed by atoms with Crippen molar-refractivity contribution in [1.82, 2.24) is 9.46 Å². The van der Waals surface area contributed by atoms with Gasteiger partial charge in [0, 0.05) is 18.8 Å². The van der Waals surface area contributed by atoms with Crippen LogP contribution >= 0.6 is 0 Å². The second-order valence-electron chi connectivity index (χ2n) is 5.81. The number of amides is 1. The first-order valence-corrected chi connectivity index (χ1v) is 9.36. The third kappa shape index (κ3) is 3.48. The first-order chi connectivity index (χ1) is 12.3. The van der Waals surface area contributed by atoms with Crippen LogP contribution in [0.5, 0.6) is 0 Å². The zero-order chi connectivity index (χ0) is 18.9. The monoisotopic (exact) mass is 383 g/mol. The van der Waals surface area contributed by atoms with Crippen molar-refractivity contribution in [2.24, 2.45) is 0 Å². The first kappa shape index (κ1) is 18.5. The lowest BCUT2D eigenvalue weighted by Gasteiger charge is -2.26. The van der Waals surface area contributed by atoms with Gasteiger partial charge >= 0.3 is 0 Å². The van der Waals surface area contributed by atoms with Crippen LogP contribution in [0.15, 0.2) is 27.6 Å². The largest absolute Gasteiger partial charge is 0.379 e. The molecule has 0 atom stereocenters. The average Bonchev–Trinajstić information content (AvgIpc) is 2.96. The van der Waals surface area contributed by atoms with Gasteiger partial charge < -0.3 is 14.6 Å². The summed E-state index contributed by atoms with van der Waals surface area (Å²) < 4.78 is 50.8. The van der Waals surface area contributed by atoms with Crippen molar-refractivity contribution < 1.29 is 26.9 Å². The number of nitrogens with zero attached hydrogens (tertiary/aromatic N) is 2. The lowest BCUT2D eigenvalue weighted by Crippen LogP contribution is -2.40. The Morgan fingerprint density at radius 1 is 1.27 bits per heavy atom. The second-order valence-corrected chi connectivity index (χ2v) is 7.72. The lowest BCUT2D eigenvalue weighted by atomic mass is 10.2. The molecule has 10 heteroatoms. The molecule has 1 amide bonds. The highest BCUT2D eigenvalue weighted by Crippen LogP contribution is 2.24. The van der Waals surface area contributed by atoms with Crippen LogP contribution in [-0.2, 0) is 14.8 Å². The van der Waals surface area contributed by atoms with Crippen molar-refractivity contribution in [2.75, 3.05) is 31.6 Å². The number of aromatic nitrogens is 1. The summed E-state index contributed by atoms with van der Waals surface area (Å²) in [7, 11) is -4.02. The van der Waals surface area contributed by atoms with Gasteiger partial charge in [0.1, 0.15) is 22.0 Å². The highest BCUT2D eigenvalue weighted by molar-refractivity contribution is 7.89. The molecular formula is C16H18FN3O5S. The Balaban J connectivity index is 1.89. The van der Waals surface area contributed by atoms with E-state index in [4.69, 9.17) is 9.26 Å². The zero-order valence-corrected chi connectivity index (χ0v) is 15.1. The summed E-state index contributed by atoms with van der Waals surface area (Å²) in [4.78, 5) is 11.9. The molecule has 1 fully saturated rings. The van der Waals surface area contributed by atoms with E-state index < -0.39 is 26.6 Å². The van der Waals surface area contributed by atoms with E-state index in [2.05, 4.69) is 10.5 Å². The maximum absolute atomic E-state index is 14.2. The maximum Gasteiger partial charge on any atom is 0.261 e. The number of benzene rings is 1. The van der Waals surface area contributed by atoms with E-state index in [0.29, 0.717) is 11.5 Å². The quantitative estimate of drug-likeness (QED) is 0.862. The Bertz CT molecular complexity index is 916. The molecule has 1 aromatic carbocycles. The van der Waals surface area contributed by atoms with Crippen molar-refractivity contribution in [3.05, 3.63) is 41.0 Å². The number of hydrogen-bond donors (Lipinski definition) is 1. The number of morpholine rings is 1. The number of ether oxygens (including phenoxy) is 1. The summed E-state index contributed by atoms with van der Waals surface area (Å²) in [6.07, 6.45) is 0. The number of anilines is 1. The fraction of sp³-hybridized carbons (Fsp3) is 0.375. The molecule has 0 radical (unpaired) electrons. The highest BCUT2D eigenvalue weighted by atomic mass is 32.2. The maximum atomic E-state index is 14.2. The highest BCUT2D eigenvalue weighted by Gasteiger charge is 2.29. The molecule has 2 heterocycles. The van der Waals surface area contributed by atoms with Gasteiger partial charge in [-0.1, -0.05) is 5.16 Å². The van der Waals surface area contributed by atoms with E-state index in [-0.39, 0.29) is 37.6 Å². The van der Waals surface area contributed by atoms with Gasteiger partial charge in [-0.3, -0.25) is 4.79 Å². The summed E-state index contributed by atoms with van der Waals surface area (Å²) in [5.74, 6) is -1.06. The van der Waals surface area contributed by atoms with Crippen LogP contribution in [0.4, 0.5) is 10.1 Å². The third-order valence-corrected chi connectivity index (χ3v) is 5.95. The third-order valence-electron chi connectivity index (χ3n) is 4.04. The molecule has 0 spiro atoms. The fourth-order valence-corrected chi connectivity index (χ4v) is 4.20. The van der Waals surface area contributed by atoms with Gasteiger partial charge in [-0.05, 0) is 32.0 Å². The van der Waals surface area contributed by atoms with Crippen LogP contribution in [-0.4, -0.2) is 50.1 Å². The number of hydrogen-bond acceptors (Lipinski definition) is 6. The van der Waals surface area contributed by atoms with Gasteiger partial charge in [-0.15, -0.1) is 0 Å². The molecule has 1 saturated heterocycles. The van der Waals surface area contributed by atoms with Crippen LogP contribution < -0.4 is 5.32 Å². The van der Waals surface area contributed by atoms with Gasteiger partial charge in [0.2, 0.25) is 10.0 Å². The SMILES string of the molecule is Cc1noc(C)c1C(=O)Nc1ccc(F)c(S(=O)(=O)N2CCOCC2)c1. The molecule has 1 N–H and O–H groups in total. The van der Waals surface area contributed by atoms with E-state index >= 15 is 0 Å². The molecule has 1 aliphatic rings. The fourth-order valence-electron chi connectivity index (χ4n) is 2.71. The summed E-state index contributed by atoms with van der Waals surface area (Å²) in [6, 6.07) is 3.41. The molecule has 3 rings (SSSR count). The number of sulfonamides is 1. The predicted molar refractivity (Wildman–Crippen MR) is 89.9 cm³/mol. The number of nitrogens with one attached hydrogen (secondary N) is 1. The zero-order valence-electron chi connectivity index (χ0n) is 14.3. The number of rotatable bonds is 4. The minimum absolute atomic E-state index is 0.150. The molecule has 0 unspecified atom stereocenters. The normalized spacial score (nSPS) is 15.8. The summed E-state index contributed by atoms with van der Waals surface area (Å²) in [5, 5.41) is 6.26. The minimum Gasteiger partial charge on any atom is -0.379 e. The van der Waals surface area contributed by atoms with Crippen molar-refractivity contribution in [3.63, 3.8) is 0 Å². The van der Waals surface area contributed by atoms with Gasteiger partial charge in [0.15, 0.2) is 0 Å². The Hall–Kier alpha value is -2.30. The van der Waals surface area contributed by atoms with Crippen LogP contribution in [0.3, 0.4) is 0 Å². The Morgan fingerprint density at radius 3 is 2.58 bits per heavy atom. The van der Waals surface area contributed by atoms with Crippen molar-refractivity contribution in [2.45, 2.75) is 18.7 Å². The average molecular weight is 383 g/mol. The number of aryl methyl sites for hydroxylation is 2. The molecule has 0 saturated carbocycles. The van der Waals surface area contributed by atoms with Gasteiger partial charge in [-0.2, -0.15) is 4.31 Å². The van der Waals surface area contributed by atoms with Crippen molar-refractivity contribution >= 4 is 21.6 Å². The molecule has 0 aliphatic carbocycles. The molecule has 1 aromatic heterocycles. The topological polar surface area (TPSA) is 102 Å². The van der Waals surface area contributed by atoms with Crippen molar-refractivity contribution in [3.8, 4) is 0 Å². The molecule has 1 aliphatic heterocycles. The molecule has 0 bridgehead atoms. The first-order valence-electron chi connectivity index (χ1n) is 7.92. The second kappa shape index (κ2) is 7.14. The number of carbonyl (C=O) groups is 1. The Morgan fingerprint density at radius 2 is 1.96 bits per heavy atom. The van der Waals surface area contributed by atoms with Crippen LogP contribution in [0.1, 0.15) is 21.8 Å². The van der Waals surface area contributed by atoms with Crippen LogP contribution in [0, 0.1) is 19.7 Å². The van der Waals surface area contributed by atoms with E-state index in [1.54, 1.807) is 13.8 Å². The number of halogens is 1. The van der Waals surface area contributed by atoms with E-state index in [1.807, 2.05) is 0 Å². The summed E-state index contributed by atoms with van der Waals surface area (Å²) >= 11 is 0. The van der Waals surface area contributed by atoms with Crippen LogP contribution in [0.25, 0.3) is 0 Å². The van der Waals surface area contributed by atoms with E-state index in [9.17, 15) is 17.6 Å². The molecule has 26 heavy (non-hydrogen) atoms. The predicted octanol–water partition coefficient (Wildman–Crippen LogP) is 1.70. The number of carbonyl (C=O) groups excluding carboxylic acids is 1. The van der Waals surface area contributed by atoms with Gasteiger partial charge in [-0.25, -0.2) is 12.8 Å². The Labute approximate surface area is 150 Å². The summed E-state index contributed by atoms with van der Waals surface area (Å²) in [6.45, 7) is 4.01. The van der Waals surface area contributed by atoms with Gasteiger partial charge in [0.25, 0.3) is 5.91 Å². The van der Waals surface area contributed by atoms with Crippen LogP contribution in [0.2, 0.25) is 0 Å². The molecular weight excluding hydrogens is 365 g/mol. The van der Waals surface area contributed by atoms with Crippen molar-refractivity contribution in [1.29, 1.82) is 0 Å².